The predicted molar refractivity (Wildman–Crippen MR) is 112 cm³/mol. The molecule has 2 heterocycles. The molecule has 2 aliphatic heterocycles. The minimum Gasteiger partial charge on any atom is -0.379 e. The lowest BCUT2D eigenvalue weighted by molar-refractivity contribution is -0.117. The first-order chi connectivity index (χ1) is 14.2. The number of amides is 2. The first-order valence-corrected chi connectivity index (χ1v) is 10.3. The van der Waals surface area contributed by atoms with E-state index in [0.29, 0.717) is 18.5 Å². The number of nitrogens with zero attached hydrogens (tertiary/aromatic N) is 2. The van der Waals surface area contributed by atoms with Gasteiger partial charge in [-0.3, -0.25) is 14.5 Å². The molecule has 152 valence electrons. The molecule has 2 saturated heterocycles. The molecular weight excluding hydrogens is 366 g/mol. The van der Waals surface area contributed by atoms with Crippen LogP contribution in [0.2, 0.25) is 0 Å². The predicted octanol–water partition coefficient (Wildman–Crippen LogP) is 2.58. The van der Waals surface area contributed by atoms with Crippen molar-refractivity contribution < 1.29 is 14.3 Å². The molecule has 2 amide bonds. The molecule has 0 aromatic heterocycles. The molecule has 2 aliphatic rings. The van der Waals surface area contributed by atoms with Crippen LogP contribution in [0.15, 0.2) is 48.5 Å². The van der Waals surface area contributed by atoms with Crippen molar-refractivity contribution in [3.63, 3.8) is 0 Å². The summed E-state index contributed by atoms with van der Waals surface area (Å²) < 4.78 is 5.40. The van der Waals surface area contributed by atoms with E-state index in [9.17, 15) is 9.59 Å². The monoisotopic (exact) mass is 393 g/mol. The van der Waals surface area contributed by atoms with Gasteiger partial charge in [0.2, 0.25) is 5.91 Å². The molecule has 0 aliphatic carbocycles. The van der Waals surface area contributed by atoms with Crippen molar-refractivity contribution >= 4 is 17.5 Å². The molecule has 4 rings (SSSR count). The van der Waals surface area contributed by atoms with E-state index >= 15 is 0 Å². The molecular formula is C23H27N3O3. The lowest BCUT2D eigenvalue weighted by atomic mass is 10.1. The van der Waals surface area contributed by atoms with E-state index < -0.39 is 0 Å². The molecule has 1 N–H and O–H groups in total. The van der Waals surface area contributed by atoms with Gasteiger partial charge >= 0.3 is 0 Å². The lowest BCUT2D eigenvalue weighted by Gasteiger charge is -2.26. The fourth-order valence-electron chi connectivity index (χ4n) is 3.85. The zero-order chi connectivity index (χ0) is 20.1. The first kappa shape index (κ1) is 19.6. The summed E-state index contributed by atoms with van der Waals surface area (Å²) in [6.07, 6.45) is 1.50. The minimum absolute atomic E-state index is 0.108. The van der Waals surface area contributed by atoms with Gasteiger partial charge in [-0.15, -0.1) is 0 Å². The van der Waals surface area contributed by atoms with E-state index in [1.807, 2.05) is 24.3 Å². The van der Waals surface area contributed by atoms with Crippen LogP contribution in [0.1, 0.15) is 34.3 Å². The molecule has 0 unspecified atom stereocenters. The fraction of sp³-hybridized carbons (Fsp3) is 0.391. The van der Waals surface area contributed by atoms with Crippen LogP contribution in [0.25, 0.3) is 0 Å². The Kier molecular flexibility index (Phi) is 6.22. The number of benzene rings is 2. The Morgan fingerprint density at radius 2 is 1.76 bits per heavy atom. The maximum Gasteiger partial charge on any atom is 0.251 e. The second-order valence-corrected chi connectivity index (χ2v) is 7.59. The van der Waals surface area contributed by atoms with Gasteiger partial charge in [-0.1, -0.05) is 24.3 Å². The third-order valence-electron chi connectivity index (χ3n) is 5.47. The van der Waals surface area contributed by atoms with Gasteiger partial charge in [0, 0.05) is 50.4 Å². The smallest absolute Gasteiger partial charge is 0.251 e. The Bertz CT molecular complexity index is 860. The molecule has 2 aromatic rings. The van der Waals surface area contributed by atoms with Gasteiger partial charge in [0.1, 0.15) is 0 Å². The number of anilines is 1. The van der Waals surface area contributed by atoms with Gasteiger partial charge in [0.25, 0.3) is 5.91 Å². The molecule has 0 bridgehead atoms. The molecule has 6 nitrogen and oxygen atoms in total. The highest BCUT2D eigenvalue weighted by atomic mass is 16.5. The molecule has 0 atom stereocenters. The van der Waals surface area contributed by atoms with Crippen molar-refractivity contribution in [2.75, 3.05) is 37.7 Å². The van der Waals surface area contributed by atoms with E-state index in [-0.39, 0.29) is 11.8 Å². The van der Waals surface area contributed by atoms with Crippen LogP contribution >= 0.6 is 0 Å². The highest BCUT2D eigenvalue weighted by Gasteiger charge is 2.21. The molecule has 0 radical (unpaired) electrons. The van der Waals surface area contributed by atoms with Crippen LogP contribution in [0.4, 0.5) is 5.69 Å². The SMILES string of the molecule is O=C(NCc1cccc(CN2CCOCC2)c1)c1ccc(N2CCCC2=O)cc1. The molecule has 6 heteroatoms. The Hall–Kier alpha value is -2.70. The van der Waals surface area contributed by atoms with Crippen LogP contribution in [0, 0.1) is 0 Å². The zero-order valence-electron chi connectivity index (χ0n) is 16.6. The topological polar surface area (TPSA) is 61.9 Å². The van der Waals surface area contributed by atoms with Crippen molar-refractivity contribution in [2.24, 2.45) is 0 Å². The Morgan fingerprint density at radius 3 is 2.48 bits per heavy atom. The maximum atomic E-state index is 12.5. The third-order valence-corrected chi connectivity index (χ3v) is 5.47. The largest absolute Gasteiger partial charge is 0.379 e. The summed E-state index contributed by atoms with van der Waals surface area (Å²) in [6, 6.07) is 15.6. The minimum atomic E-state index is -0.108. The van der Waals surface area contributed by atoms with Crippen LogP contribution in [-0.2, 0) is 22.6 Å². The van der Waals surface area contributed by atoms with Crippen LogP contribution in [-0.4, -0.2) is 49.6 Å². The second-order valence-electron chi connectivity index (χ2n) is 7.59. The molecule has 0 saturated carbocycles. The molecule has 29 heavy (non-hydrogen) atoms. The number of nitrogens with one attached hydrogen (secondary N) is 1. The summed E-state index contributed by atoms with van der Waals surface area (Å²) in [7, 11) is 0. The number of ether oxygens (including phenoxy) is 1. The van der Waals surface area contributed by atoms with Crippen LogP contribution in [0.3, 0.4) is 0 Å². The Labute approximate surface area is 171 Å². The molecule has 0 spiro atoms. The zero-order valence-corrected chi connectivity index (χ0v) is 16.6. The van der Waals surface area contributed by atoms with E-state index in [2.05, 4.69) is 22.3 Å². The second kappa shape index (κ2) is 9.20. The molecule has 2 aromatic carbocycles. The average Bonchev–Trinajstić information content (AvgIpc) is 3.19. The summed E-state index contributed by atoms with van der Waals surface area (Å²) in [5.74, 6) is 0.0436. The fourth-order valence-corrected chi connectivity index (χ4v) is 3.85. The standard InChI is InChI=1S/C23H27N3O3/c27-22-5-2-10-26(22)21-8-6-20(7-9-21)23(28)24-16-18-3-1-4-19(15-18)17-25-11-13-29-14-12-25/h1,3-4,6-9,15H,2,5,10-14,16-17H2,(H,24,28). The van der Waals surface area contributed by atoms with E-state index in [0.717, 1.165) is 57.1 Å². The number of carbonyl (C=O) groups is 2. The van der Waals surface area contributed by atoms with E-state index in [4.69, 9.17) is 4.74 Å². The average molecular weight is 393 g/mol. The molecule has 2 fully saturated rings. The van der Waals surface area contributed by atoms with Gasteiger partial charge in [-0.05, 0) is 41.8 Å². The van der Waals surface area contributed by atoms with E-state index in [1.165, 1.54) is 5.56 Å². The van der Waals surface area contributed by atoms with Crippen LogP contribution in [0.5, 0.6) is 0 Å². The van der Waals surface area contributed by atoms with Crippen molar-refractivity contribution in [1.82, 2.24) is 10.2 Å². The number of hydrogen-bond acceptors (Lipinski definition) is 4. The highest BCUT2D eigenvalue weighted by molar-refractivity contribution is 5.97. The summed E-state index contributed by atoms with van der Waals surface area (Å²) in [6.45, 7) is 5.65. The van der Waals surface area contributed by atoms with Gasteiger partial charge < -0.3 is 15.0 Å². The quantitative estimate of drug-likeness (QED) is 0.820. The summed E-state index contributed by atoms with van der Waals surface area (Å²) in [5.41, 5.74) is 3.80. The van der Waals surface area contributed by atoms with Gasteiger partial charge in [0.05, 0.1) is 13.2 Å². The van der Waals surface area contributed by atoms with Gasteiger partial charge in [-0.25, -0.2) is 0 Å². The summed E-state index contributed by atoms with van der Waals surface area (Å²) >= 11 is 0. The van der Waals surface area contributed by atoms with Crippen molar-refractivity contribution in [2.45, 2.75) is 25.9 Å². The van der Waals surface area contributed by atoms with Gasteiger partial charge in [0.15, 0.2) is 0 Å². The Morgan fingerprint density at radius 1 is 1.00 bits per heavy atom. The summed E-state index contributed by atoms with van der Waals surface area (Å²) in [5, 5.41) is 2.99. The third kappa shape index (κ3) is 5.02. The number of morpholine rings is 1. The van der Waals surface area contributed by atoms with Crippen molar-refractivity contribution in [3.05, 3.63) is 65.2 Å². The van der Waals surface area contributed by atoms with Crippen molar-refractivity contribution in [1.29, 1.82) is 0 Å². The first-order valence-electron chi connectivity index (χ1n) is 10.3. The lowest BCUT2D eigenvalue weighted by Crippen LogP contribution is -2.35. The van der Waals surface area contributed by atoms with Crippen LogP contribution < -0.4 is 10.2 Å². The van der Waals surface area contributed by atoms with E-state index in [1.54, 1.807) is 17.0 Å². The number of hydrogen-bond donors (Lipinski definition) is 1. The summed E-state index contributed by atoms with van der Waals surface area (Å²) in [4.78, 5) is 28.5. The normalized spacial score (nSPS) is 17.5. The van der Waals surface area contributed by atoms with Gasteiger partial charge in [-0.2, -0.15) is 0 Å². The number of rotatable bonds is 6. The highest BCUT2D eigenvalue weighted by Crippen LogP contribution is 2.21. The Balaban J connectivity index is 1.32. The van der Waals surface area contributed by atoms with Crippen molar-refractivity contribution in [3.8, 4) is 0 Å². The maximum absolute atomic E-state index is 12.5. The number of carbonyl (C=O) groups excluding carboxylic acids is 2.